The zero-order valence-electron chi connectivity index (χ0n) is 10.2. The Morgan fingerprint density at radius 2 is 1.83 bits per heavy atom. The van der Waals surface area contributed by atoms with Gasteiger partial charge in [0.25, 0.3) is 0 Å². The first-order valence-electron chi connectivity index (χ1n) is 5.61. The van der Waals surface area contributed by atoms with E-state index in [-0.39, 0.29) is 12.5 Å². The molecule has 1 aromatic carbocycles. The average molecular weight is 252 g/mol. The van der Waals surface area contributed by atoms with Crippen molar-refractivity contribution in [1.29, 1.82) is 0 Å². The zero-order chi connectivity index (χ0) is 13.3. The number of nitrogens with two attached hydrogens (primary N) is 1. The van der Waals surface area contributed by atoms with Gasteiger partial charge in [-0.2, -0.15) is 0 Å². The Hall–Kier alpha value is -1.98. The number of hydrogen-bond donors (Lipinski definition) is 1. The zero-order valence-corrected chi connectivity index (χ0v) is 10.2. The fraction of sp³-hybridized carbons (Fsp3) is 0.333. The number of rotatable bonds is 3. The van der Waals surface area contributed by atoms with Crippen molar-refractivity contribution in [3.63, 3.8) is 0 Å². The lowest BCUT2D eigenvalue weighted by atomic mass is 10.1. The van der Waals surface area contributed by atoms with E-state index in [1.54, 1.807) is 4.68 Å². The fourth-order valence-corrected chi connectivity index (χ4v) is 1.92. The van der Waals surface area contributed by atoms with Crippen molar-refractivity contribution >= 4 is 5.82 Å². The van der Waals surface area contributed by atoms with Crippen molar-refractivity contribution in [1.82, 2.24) is 15.0 Å². The highest BCUT2D eigenvalue weighted by Gasteiger charge is 2.14. The van der Waals surface area contributed by atoms with Gasteiger partial charge in [0.1, 0.15) is 11.6 Å². The van der Waals surface area contributed by atoms with E-state index in [9.17, 15) is 8.78 Å². The van der Waals surface area contributed by atoms with E-state index in [2.05, 4.69) is 10.3 Å². The molecule has 2 N–H and O–H groups in total. The molecule has 0 aliphatic rings. The lowest BCUT2D eigenvalue weighted by molar-refractivity contribution is 0.564. The highest BCUT2D eigenvalue weighted by molar-refractivity contribution is 5.35. The first-order valence-corrected chi connectivity index (χ1v) is 5.61. The Morgan fingerprint density at radius 3 is 2.39 bits per heavy atom. The van der Waals surface area contributed by atoms with Gasteiger partial charge in [-0.1, -0.05) is 19.1 Å². The van der Waals surface area contributed by atoms with Crippen LogP contribution in [0.1, 0.15) is 31.0 Å². The van der Waals surface area contributed by atoms with Crippen LogP contribution in [-0.2, 0) is 6.54 Å². The number of hydrogen-bond acceptors (Lipinski definition) is 3. The topological polar surface area (TPSA) is 56.7 Å². The van der Waals surface area contributed by atoms with Crippen LogP contribution in [0, 0.1) is 11.6 Å². The number of aromatic nitrogens is 3. The molecule has 0 saturated heterocycles. The minimum absolute atomic E-state index is 0.137. The molecule has 0 unspecified atom stereocenters. The van der Waals surface area contributed by atoms with Crippen molar-refractivity contribution in [2.24, 2.45) is 0 Å². The molecule has 0 aliphatic carbocycles. The van der Waals surface area contributed by atoms with Crippen LogP contribution in [0.15, 0.2) is 18.2 Å². The third-order valence-corrected chi connectivity index (χ3v) is 2.60. The van der Waals surface area contributed by atoms with Crippen molar-refractivity contribution in [2.75, 3.05) is 5.73 Å². The molecule has 18 heavy (non-hydrogen) atoms. The molecular weight excluding hydrogens is 238 g/mol. The van der Waals surface area contributed by atoms with E-state index < -0.39 is 11.6 Å². The van der Waals surface area contributed by atoms with Crippen LogP contribution in [0.2, 0.25) is 0 Å². The molecule has 6 heteroatoms. The van der Waals surface area contributed by atoms with Gasteiger partial charge >= 0.3 is 0 Å². The summed E-state index contributed by atoms with van der Waals surface area (Å²) in [5.41, 5.74) is 6.96. The van der Waals surface area contributed by atoms with Gasteiger partial charge in [-0.25, -0.2) is 13.5 Å². The van der Waals surface area contributed by atoms with Gasteiger partial charge in [0.15, 0.2) is 5.82 Å². The van der Waals surface area contributed by atoms with E-state index in [1.807, 2.05) is 13.8 Å². The summed E-state index contributed by atoms with van der Waals surface area (Å²) in [6, 6.07) is 3.37. The van der Waals surface area contributed by atoms with Crippen LogP contribution in [0.3, 0.4) is 0 Å². The minimum atomic E-state index is -0.607. The summed E-state index contributed by atoms with van der Waals surface area (Å²) in [6.07, 6.45) is 0. The number of anilines is 1. The first kappa shape index (κ1) is 12.5. The molecule has 0 fully saturated rings. The summed E-state index contributed by atoms with van der Waals surface area (Å²) in [5, 5.41) is 7.67. The van der Waals surface area contributed by atoms with Crippen molar-refractivity contribution < 1.29 is 8.78 Å². The Morgan fingerprint density at radius 1 is 1.22 bits per heavy atom. The molecule has 0 atom stereocenters. The van der Waals surface area contributed by atoms with Gasteiger partial charge in [-0.3, -0.25) is 0 Å². The second-order valence-electron chi connectivity index (χ2n) is 4.45. The Balaban J connectivity index is 2.34. The smallest absolute Gasteiger partial charge is 0.169 e. The summed E-state index contributed by atoms with van der Waals surface area (Å²) in [5.74, 6) is -0.728. The number of nitrogens with zero attached hydrogens (tertiary/aromatic N) is 3. The first-order chi connectivity index (χ1) is 8.47. The molecule has 0 radical (unpaired) electrons. The summed E-state index contributed by atoms with van der Waals surface area (Å²) >= 11 is 0. The molecule has 1 heterocycles. The molecule has 1 aromatic heterocycles. The lowest BCUT2D eigenvalue weighted by Gasteiger charge is -2.09. The monoisotopic (exact) mass is 252 g/mol. The Bertz CT molecular complexity index is 543. The number of nitrogen functional groups attached to an aromatic ring is 1. The van der Waals surface area contributed by atoms with Gasteiger partial charge in [0.2, 0.25) is 0 Å². The second-order valence-corrected chi connectivity index (χ2v) is 4.45. The molecule has 0 bridgehead atoms. The molecular formula is C12H14F2N4. The van der Waals surface area contributed by atoms with E-state index >= 15 is 0 Å². The normalized spacial score (nSPS) is 11.2. The van der Waals surface area contributed by atoms with Crippen molar-refractivity contribution in [3.05, 3.63) is 41.1 Å². The highest BCUT2D eigenvalue weighted by atomic mass is 19.1. The largest absolute Gasteiger partial charge is 0.381 e. The van der Waals surface area contributed by atoms with E-state index in [0.29, 0.717) is 11.4 Å². The SMILES string of the molecule is CC(C)c1c(N)nnn1Cc1cc(F)cc(F)c1. The summed E-state index contributed by atoms with van der Waals surface area (Å²) in [6.45, 7) is 4.15. The van der Waals surface area contributed by atoms with Gasteiger partial charge in [0.05, 0.1) is 12.2 Å². The van der Waals surface area contributed by atoms with Crippen molar-refractivity contribution in [2.45, 2.75) is 26.3 Å². The minimum Gasteiger partial charge on any atom is -0.381 e. The summed E-state index contributed by atoms with van der Waals surface area (Å²) in [4.78, 5) is 0. The Labute approximate surface area is 103 Å². The number of halogens is 2. The molecule has 0 aliphatic heterocycles. The average Bonchev–Trinajstić information content (AvgIpc) is 2.57. The molecule has 0 saturated carbocycles. The maximum absolute atomic E-state index is 13.1. The molecule has 2 aromatic rings. The van der Waals surface area contributed by atoms with Gasteiger partial charge in [0, 0.05) is 6.07 Å². The Kier molecular flexibility index (Phi) is 3.27. The lowest BCUT2D eigenvalue weighted by Crippen LogP contribution is -2.09. The van der Waals surface area contributed by atoms with Crippen LogP contribution in [0.5, 0.6) is 0 Å². The predicted molar refractivity (Wildman–Crippen MR) is 64.0 cm³/mol. The maximum Gasteiger partial charge on any atom is 0.169 e. The van der Waals surface area contributed by atoms with Gasteiger partial charge in [-0.15, -0.1) is 5.10 Å². The highest BCUT2D eigenvalue weighted by Crippen LogP contribution is 2.20. The molecule has 0 spiro atoms. The molecule has 96 valence electrons. The van der Waals surface area contributed by atoms with Gasteiger partial charge < -0.3 is 5.73 Å². The maximum atomic E-state index is 13.1. The standard InChI is InChI=1S/C12H14F2N4/c1-7(2)11-12(15)16-17-18(11)6-8-3-9(13)5-10(14)4-8/h3-5,7H,6,15H2,1-2H3. The van der Waals surface area contributed by atoms with E-state index in [0.717, 1.165) is 11.8 Å². The van der Waals surface area contributed by atoms with Crippen LogP contribution in [0.4, 0.5) is 14.6 Å². The third-order valence-electron chi connectivity index (χ3n) is 2.60. The van der Waals surface area contributed by atoms with Crippen molar-refractivity contribution in [3.8, 4) is 0 Å². The third kappa shape index (κ3) is 2.47. The predicted octanol–water partition coefficient (Wildman–Crippen LogP) is 2.31. The number of benzene rings is 1. The van der Waals surface area contributed by atoms with Crippen LogP contribution in [-0.4, -0.2) is 15.0 Å². The summed E-state index contributed by atoms with van der Waals surface area (Å²) < 4.78 is 27.7. The second kappa shape index (κ2) is 4.72. The van der Waals surface area contributed by atoms with E-state index in [1.165, 1.54) is 12.1 Å². The molecule has 2 rings (SSSR count). The molecule has 0 amide bonds. The van der Waals surface area contributed by atoms with Crippen LogP contribution in [0.25, 0.3) is 0 Å². The fourth-order valence-electron chi connectivity index (χ4n) is 1.92. The quantitative estimate of drug-likeness (QED) is 0.912. The molecule has 4 nitrogen and oxygen atoms in total. The van der Waals surface area contributed by atoms with Gasteiger partial charge in [-0.05, 0) is 23.6 Å². The van der Waals surface area contributed by atoms with E-state index in [4.69, 9.17) is 5.73 Å². The van der Waals surface area contributed by atoms with Crippen LogP contribution < -0.4 is 5.73 Å². The van der Waals surface area contributed by atoms with Crippen LogP contribution >= 0.6 is 0 Å². The summed E-state index contributed by atoms with van der Waals surface area (Å²) in [7, 11) is 0.